The van der Waals surface area contributed by atoms with Crippen molar-refractivity contribution in [2.45, 2.75) is 25.9 Å². The molecule has 3 aromatic rings. The lowest BCUT2D eigenvalue weighted by molar-refractivity contribution is -0.132. The maximum absolute atomic E-state index is 13.3. The SMILES string of the molecule is CC[C@@H](C(=O)N(C)Cc1nc(-c2ccccc2)no1)N(c1ccc(F)cc1)S(C)(=O)=O. The standard InChI is InChI=1S/C21H23FN4O4S/c1-4-18(26(31(3,28)29)17-12-10-16(22)11-13-17)21(27)25(2)14-19-23-20(24-30-19)15-8-6-5-7-9-15/h5-13,18H,4,14H2,1-3H3/t18-/m0/s1. The molecule has 0 spiro atoms. The second-order valence-corrected chi connectivity index (χ2v) is 8.89. The van der Waals surface area contributed by atoms with E-state index < -0.39 is 27.8 Å². The van der Waals surface area contributed by atoms with Crippen LogP contribution in [0.5, 0.6) is 0 Å². The van der Waals surface area contributed by atoms with Gasteiger partial charge in [0, 0.05) is 12.6 Å². The fraction of sp³-hybridized carbons (Fsp3) is 0.286. The van der Waals surface area contributed by atoms with E-state index in [0.717, 1.165) is 28.3 Å². The summed E-state index contributed by atoms with van der Waals surface area (Å²) in [6, 6.07) is 13.2. The molecule has 0 saturated heterocycles. The second-order valence-electron chi connectivity index (χ2n) is 7.03. The zero-order valence-corrected chi connectivity index (χ0v) is 18.2. The molecule has 2 aromatic carbocycles. The zero-order chi connectivity index (χ0) is 22.6. The van der Waals surface area contributed by atoms with Gasteiger partial charge in [-0.05, 0) is 30.7 Å². The molecule has 31 heavy (non-hydrogen) atoms. The smallest absolute Gasteiger partial charge is 0.246 e. The van der Waals surface area contributed by atoms with Gasteiger partial charge in [0.1, 0.15) is 11.9 Å². The summed E-state index contributed by atoms with van der Waals surface area (Å²) in [7, 11) is -2.28. The van der Waals surface area contributed by atoms with E-state index in [9.17, 15) is 17.6 Å². The molecule has 0 aliphatic rings. The first-order valence-electron chi connectivity index (χ1n) is 9.58. The van der Waals surface area contributed by atoms with Crippen LogP contribution in [0.3, 0.4) is 0 Å². The fourth-order valence-corrected chi connectivity index (χ4v) is 4.40. The van der Waals surface area contributed by atoms with E-state index in [4.69, 9.17) is 4.52 Å². The molecule has 3 rings (SSSR count). The van der Waals surface area contributed by atoms with Crippen molar-refractivity contribution in [3.8, 4) is 11.4 Å². The van der Waals surface area contributed by atoms with Gasteiger partial charge in [0.2, 0.25) is 27.6 Å². The molecule has 1 amide bonds. The van der Waals surface area contributed by atoms with Crippen molar-refractivity contribution in [2.24, 2.45) is 0 Å². The van der Waals surface area contributed by atoms with Gasteiger partial charge in [-0.3, -0.25) is 9.10 Å². The summed E-state index contributed by atoms with van der Waals surface area (Å²) in [6.45, 7) is 1.72. The molecule has 1 aromatic heterocycles. The largest absolute Gasteiger partial charge is 0.337 e. The van der Waals surface area contributed by atoms with Crippen LogP contribution in [0, 0.1) is 5.82 Å². The lowest BCUT2D eigenvalue weighted by Gasteiger charge is -2.32. The Balaban J connectivity index is 1.81. The predicted molar refractivity (Wildman–Crippen MR) is 114 cm³/mol. The van der Waals surface area contributed by atoms with Gasteiger partial charge in [-0.2, -0.15) is 4.98 Å². The first kappa shape index (κ1) is 22.4. The van der Waals surface area contributed by atoms with Crippen LogP contribution in [0.2, 0.25) is 0 Å². The quantitative estimate of drug-likeness (QED) is 0.528. The van der Waals surface area contributed by atoms with Crippen molar-refractivity contribution in [2.75, 3.05) is 17.6 Å². The van der Waals surface area contributed by atoms with Crippen LogP contribution in [-0.2, 0) is 21.4 Å². The highest BCUT2D eigenvalue weighted by atomic mass is 32.2. The second kappa shape index (κ2) is 9.25. The van der Waals surface area contributed by atoms with Crippen molar-refractivity contribution in [3.05, 3.63) is 66.3 Å². The molecule has 0 aliphatic carbocycles. The van der Waals surface area contributed by atoms with Gasteiger partial charge in [-0.1, -0.05) is 42.4 Å². The number of anilines is 1. The number of benzene rings is 2. The molecule has 0 fully saturated rings. The number of sulfonamides is 1. The monoisotopic (exact) mass is 446 g/mol. The van der Waals surface area contributed by atoms with E-state index in [1.807, 2.05) is 30.3 Å². The van der Waals surface area contributed by atoms with Gasteiger partial charge < -0.3 is 9.42 Å². The molecular formula is C21H23FN4O4S. The van der Waals surface area contributed by atoms with Crippen LogP contribution in [-0.4, -0.2) is 48.7 Å². The van der Waals surface area contributed by atoms with E-state index in [0.29, 0.717) is 5.82 Å². The van der Waals surface area contributed by atoms with E-state index in [2.05, 4.69) is 10.1 Å². The highest BCUT2D eigenvalue weighted by Crippen LogP contribution is 2.24. The molecule has 10 heteroatoms. The molecule has 0 saturated carbocycles. The van der Waals surface area contributed by atoms with Gasteiger partial charge in [0.25, 0.3) is 0 Å². The number of rotatable bonds is 8. The maximum Gasteiger partial charge on any atom is 0.246 e. The molecule has 0 radical (unpaired) electrons. The highest BCUT2D eigenvalue weighted by Gasteiger charge is 2.33. The van der Waals surface area contributed by atoms with Gasteiger partial charge >= 0.3 is 0 Å². The minimum Gasteiger partial charge on any atom is -0.337 e. The minimum atomic E-state index is -3.81. The van der Waals surface area contributed by atoms with Crippen LogP contribution in [0.4, 0.5) is 10.1 Å². The van der Waals surface area contributed by atoms with Crippen LogP contribution in [0.25, 0.3) is 11.4 Å². The Kier molecular flexibility index (Phi) is 6.69. The van der Waals surface area contributed by atoms with Crippen LogP contribution in [0.15, 0.2) is 59.1 Å². The van der Waals surface area contributed by atoms with Gasteiger partial charge in [-0.15, -0.1) is 0 Å². The van der Waals surface area contributed by atoms with E-state index in [1.54, 1.807) is 6.92 Å². The summed E-state index contributed by atoms with van der Waals surface area (Å²) in [5.41, 5.74) is 0.985. The van der Waals surface area contributed by atoms with Crippen molar-refractivity contribution in [1.29, 1.82) is 0 Å². The Morgan fingerprint density at radius 1 is 1.13 bits per heavy atom. The lowest BCUT2D eigenvalue weighted by Crippen LogP contribution is -2.49. The third-order valence-corrected chi connectivity index (χ3v) is 5.82. The minimum absolute atomic E-state index is 0.0101. The first-order valence-corrected chi connectivity index (χ1v) is 11.4. The van der Waals surface area contributed by atoms with Crippen molar-refractivity contribution < 1.29 is 22.1 Å². The number of hydrogen-bond donors (Lipinski definition) is 0. The molecule has 0 bridgehead atoms. The zero-order valence-electron chi connectivity index (χ0n) is 17.4. The summed E-state index contributed by atoms with van der Waals surface area (Å²) < 4.78 is 44.5. The Morgan fingerprint density at radius 2 is 1.77 bits per heavy atom. The van der Waals surface area contributed by atoms with Gasteiger partial charge in [0.15, 0.2) is 0 Å². The van der Waals surface area contributed by atoms with Crippen molar-refractivity contribution in [3.63, 3.8) is 0 Å². The number of carbonyl (C=O) groups excluding carboxylic acids is 1. The van der Waals surface area contributed by atoms with Crippen LogP contribution < -0.4 is 4.31 Å². The summed E-state index contributed by atoms with van der Waals surface area (Å²) >= 11 is 0. The summed E-state index contributed by atoms with van der Waals surface area (Å²) in [4.78, 5) is 18.8. The Morgan fingerprint density at radius 3 is 2.35 bits per heavy atom. The van der Waals surface area contributed by atoms with Crippen molar-refractivity contribution >= 4 is 21.6 Å². The van der Waals surface area contributed by atoms with Crippen LogP contribution in [0.1, 0.15) is 19.2 Å². The van der Waals surface area contributed by atoms with Crippen LogP contribution >= 0.6 is 0 Å². The number of amides is 1. The average Bonchev–Trinajstić information content (AvgIpc) is 3.20. The lowest BCUT2D eigenvalue weighted by atomic mass is 10.1. The normalized spacial score (nSPS) is 12.4. The number of aromatic nitrogens is 2. The number of hydrogen-bond acceptors (Lipinski definition) is 6. The van der Waals surface area contributed by atoms with Crippen molar-refractivity contribution in [1.82, 2.24) is 15.0 Å². The van der Waals surface area contributed by atoms with Gasteiger partial charge in [0.05, 0.1) is 18.5 Å². The van der Waals surface area contributed by atoms with E-state index in [-0.39, 0.29) is 24.5 Å². The number of nitrogens with zero attached hydrogens (tertiary/aromatic N) is 4. The molecule has 1 atom stereocenters. The van der Waals surface area contributed by atoms with E-state index >= 15 is 0 Å². The first-order chi connectivity index (χ1) is 14.7. The van der Waals surface area contributed by atoms with E-state index in [1.165, 1.54) is 24.1 Å². The summed E-state index contributed by atoms with van der Waals surface area (Å²) in [6.07, 6.45) is 1.23. The topological polar surface area (TPSA) is 96.6 Å². The number of halogens is 1. The molecule has 0 aliphatic heterocycles. The molecule has 0 unspecified atom stereocenters. The Hall–Kier alpha value is -3.27. The molecular weight excluding hydrogens is 423 g/mol. The molecule has 0 N–H and O–H groups in total. The number of likely N-dealkylation sites (N-methyl/N-ethyl adjacent to an activating group) is 1. The Bertz CT molecular complexity index is 1130. The third-order valence-electron chi connectivity index (χ3n) is 4.64. The average molecular weight is 447 g/mol. The molecule has 164 valence electrons. The maximum atomic E-state index is 13.3. The summed E-state index contributed by atoms with van der Waals surface area (Å²) in [5, 5.41) is 3.93. The van der Waals surface area contributed by atoms with Gasteiger partial charge in [-0.25, -0.2) is 12.8 Å². The predicted octanol–water partition coefficient (Wildman–Crippen LogP) is 3.08. The molecule has 1 heterocycles. The third kappa shape index (κ3) is 5.26. The Labute approximate surface area is 180 Å². The highest BCUT2D eigenvalue weighted by molar-refractivity contribution is 7.92. The molecule has 8 nitrogen and oxygen atoms in total. The fourth-order valence-electron chi connectivity index (χ4n) is 3.19. The summed E-state index contributed by atoms with van der Waals surface area (Å²) in [5.74, 6) is -0.333. The number of carbonyl (C=O) groups is 1.